The van der Waals surface area contributed by atoms with E-state index in [2.05, 4.69) is 11.9 Å². The lowest BCUT2D eigenvalue weighted by Crippen LogP contribution is -2.12. The van der Waals surface area contributed by atoms with Gasteiger partial charge in [0.25, 0.3) is 0 Å². The van der Waals surface area contributed by atoms with Crippen molar-refractivity contribution in [3.8, 4) is 11.5 Å². The molecule has 1 aromatic carbocycles. The molecule has 1 aromatic heterocycles. The van der Waals surface area contributed by atoms with E-state index in [0.29, 0.717) is 5.69 Å². The Morgan fingerprint density at radius 3 is 2.59 bits per heavy atom. The fourth-order valence-corrected chi connectivity index (χ4v) is 1.41. The molecule has 3 rings (SSSR count). The standard InChI is InChI=1S/C7H6O.C5H9N3O/c1-5-2-3-6-7(4-5)8-6;1-4(9)5-2-7-3-8(5)6/h2-4H,1H3;2-4,9H,6H2,1H3. The van der Waals surface area contributed by atoms with Gasteiger partial charge in [-0.2, -0.15) is 0 Å². The highest BCUT2D eigenvalue weighted by Gasteiger charge is 2.17. The summed E-state index contributed by atoms with van der Waals surface area (Å²) in [6, 6.07) is 6.08. The molecule has 0 saturated heterocycles. The Bertz CT molecular complexity index is 519. The summed E-state index contributed by atoms with van der Waals surface area (Å²) in [6.45, 7) is 3.70. The highest BCUT2D eigenvalue weighted by Crippen LogP contribution is 2.44. The van der Waals surface area contributed by atoms with Crippen LogP contribution in [0.2, 0.25) is 0 Å². The van der Waals surface area contributed by atoms with Gasteiger partial charge in [0.15, 0.2) is 11.5 Å². The maximum absolute atomic E-state index is 8.95. The first-order valence-electron chi connectivity index (χ1n) is 5.32. The third kappa shape index (κ3) is 2.76. The molecule has 2 aromatic rings. The molecule has 1 aliphatic heterocycles. The Hall–Kier alpha value is -2.01. The summed E-state index contributed by atoms with van der Waals surface area (Å²) >= 11 is 0. The molecule has 1 aliphatic rings. The first kappa shape index (κ1) is 11.5. The quantitative estimate of drug-likeness (QED) is 0.496. The van der Waals surface area contributed by atoms with Crippen LogP contribution in [0.15, 0.2) is 30.7 Å². The lowest BCUT2D eigenvalue weighted by molar-refractivity contribution is 0.191. The summed E-state index contributed by atoms with van der Waals surface area (Å²) in [4.78, 5) is 3.72. The van der Waals surface area contributed by atoms with E-state index >= 15 is 0 Å². The average Bonchev–Trinajstić information content (AvgIpc) is 2.90. The number of aryl methyl sites for hydroxylation is 1. The number of fused-ring (bicyclic) bond motifs is 1. The monoisotopic (exact) mass is 233 g/mol. The second kappa shape index (κ2) is 4.47. The number of nitrogens with zero attached hydrogens (tertiary/aromatic N) is 2. The van der Waals surface area contributed by atoms with Crippen molar-refractivity contribution in [3.05, 3.63) is 42.0 Å². The highest BCUT2D eigenvalue weighted by molar-refractivity contribution is 5.55. The molecule has 1 unspecified atom stereocenters. The molecule has 0 saturated carbocycles. The lowest BCUT2D eigenvalue weighted by Gasteiger charge is -2.02. The van der Waals surface area contributed by atoms with Gasteiger partial charge in [0.05, 0.1) is 18.0 Å². The van der Waals surface area contributed by atoms with Crippen LogP contribution in [0.5, 0.6) is 11.5 Å². The normalized spacial score (nSPS) is 12.9. The Balaban J connectivity index is 0.000000127. The van der Waals surface area contributed by atoms with Gasteiger partial charge in [-0.05, 0) is 31.5 Å². The summed E-state index contributed by atoms with van der Waals surface area (Å²) in [5.74, 6) is 7.42. The van der Waals surface area contributed by atoms with Gasteiger partial charge in [0.1, 0.15) is 6.33 Å². The van der Waals surface area contributed by atoms with Crippen molar-refractivity contribution in [2.45, 2.75) is 20.0 Å². The minimum atomic E-state index is -0.544. The number of nitrogens with two attached hydrogens (primary N) is 1. The summed E-state index contributed by atoms with van der Waals surface area (Å²) in [6.07, 6.45) is 2.43. The molecule has 0 fully saturated rings. The van der Waals surface area contributed by atoms with E-state index in [4.69, 9.17) is 15.7 Å². The molecule has 3 N–H and O–H groups in total. The maximum atomic E-state index is 8.95. The molecular formula is C12H15N3O2. The van der Waals surface area contributed by atoms with E-state index in [1.807, 2.05) is 18.2 Å². The molecule has 0 amide bonds. The molecule has 17 heavy (non-hydrogen) atoms. The lowest BCUT2D eigenvalue weighted by atomic mass is 10.2. The number of aromatic nitrogens is 2. The molecule has 5 heteroatoms. The minimum absolute atomic E-state index is 0.544. The van der Waals surface area contributed by atoms with Crippen molar-refractivity contribution in [1.82, 2.24) is 9.66 Å². The van der Waals surface area contributed by atoms with Gasteiger partial charge in [-0.1, -0.05) is 6.07 Å². The smallest absolute Gasteiger partial charge is 0.170 e. The average molecular weight is 233 g/mol. The largest absolute Gasteiger partial charge is 0.450 e. The number of nitrogen functional groups attached to an aromatic ring is 1. The van der Waals surface area contributed by atoms with Crippen molar-refractivity contribution in [1.29, 1.82) is 0 Å². The topological polar surface area (TPSA) is 76.6 Å². The van der Waals surface area contributed by atoms with Gasteiger partial charge in [-0.15, -0.1) is 0 Å². The number of aliphatic hydroxyl groups excluding tert-OH is 1. The Morgan fingerprint density at radius 2 is 2.18 bits per heavy atom. The van der Waals surface area contributed by atoms with Crippen LogP contribution in [0.25, 0.3) is 0 Å². The molecule has 0 bridgehead atoms. The van der Waals surface area contributed by atoms with Crippen molar-refractivity contribution in [3.63, 3.8) is 0 Å². The van der Waals surface area contributed by atoms with Gasteiger partial charge in [0, 0.05) is 0 Å². The van der Waals surface area contributed by atoms with Crippen LogP contribution in [-0.2, 0) is 0 Å². The number of hydrogen-bond donors (Lipinski definition) is 2. The predicted molar refractivity (Wildman–Crippen MR) is 64.3 cm³/mol. The van der Waals surface area contributed by atoms with Crippen LogP contribution >= 0.6 is 0 Å². The Kier molecular flexibility index (Phi) is 3.01. The van der Waals surface area contributed by atoms with Gasteiger partial charge in [-0.25, -0.2) is 4.98 Å². The third-order valence-electron chi connectivity index (χ3n) is 2.40. The van der Waals surface area contributed by atoms with Crippen LogP contribution in [0.4, 0.5) is 0 Å². The number of aliphatic hydroxyl groups is 1. The first-order chi connectivity index (χ1) is 8.08. The Morgan fingerprint density at radius 1 is 1.41 bits per heavy atom. The number of rotatable bonds is 1. The molecule has 0 spiro atoms. The maximum Gasteiger partial charge on any atom is 0.170 e. The number of imidazole rings is 1. The predicted octanol–water partition coefficient (Wildman–Crippen LogP) is 1.75. The van der Waals surface area contributed by atoms with Crippen LogP contribution in [0.1, 0.15) is 24.3 Å². The minimum Gasteiger partial charge on any atom is -0.450 e. The Labute approximate surface area is 99.4 Å². The summed E-state index contributed by atoms with van der Waals surface area (Å²) in [7, 11) is 0. The van der Waals surface area contributed by atoms with E-state index < -0.39 is 6.10 Å². The van der Waals surface area contributed by atoms with E-state index in [1.165, 1.54) is 22.8 Å². The third-order valence-corrected chi connectivity index (χ3v) is 2.40. The van der Waals surface area contributed by atoms with Gasteiger partial charge >= 0.3 is 0 Å². The summed E-state index contributed by atoms with van der Waals surface area (Å²) in [5.41, 5.74) is 1.89. The molecule has 0 aliphatic carbocycles. The summed E-state index contributed by atoms with van der Waals surface area (Å²) < 4.78 is 6.31. The zero-order valence-electron chi connectivity index (χ0n) is 9.79. The van der Waals surface area contributed by atoms with E-state index in [0.717, 1.165) is 11.5 Å². The molecule has 90 valence electrons. The SMILES string of the molecule is CC(O)c1cncn1N.Cc1ccc2c(c1)O2. The molecule has 1 atom stereocenters. The highest BCUT2D eigenvalue weighted by atomic mass is 16.6. The molecule has 5 nitrogen and oxygen atoms in total. The zero-order chi connectivity index (χ0) is 12.4. The fraction of sp³-hybridized carbons (Fsp3) is 0.250. The zero-order valence-corrected chi connectivity index (χ0v) is 9.79. The van der Waals surface area contributed by atoms with Crippen molar-refractivity contribution in [2.75, 3.05) is 5.84 Å². The number of hydrogen-bond acceptors (Lipinski definition) is 4. The van der Waals surface area contributed by atoms with Crippen molar-refractivity contribution < 1.29 is 9.84 Å². The van der Waals surface area contributed by atoms with Crippen LogP contribution in [-0.4, -0.2) is 14.8 Å². The van der Waals surface area contributed by atoms with Crippen LogP contribution in [0, 0.1) is 6.92 Å². The van der Waals surface area contributed by atoms with Gasteiger partial charge in [0.2, 0.25) is 0 Å². The number of ether oxygens (including phenoxy) is 1. The molecule has 2 heterocycles. The summed E-state index contributed by atoms with van der Waals surface area (Å²) in [5, 5.41) is 8.95. The van der Waals surface area contributed by atoms with E-state index in [1.54, 1.807) is 6.92 Å². The van der Waals surface area contributed by atoms with E-state index in [-0.39, 0.29) is 0 Å². The van der Waals surface area contributed by atoms with Crippen molar-refractivity contribution in [2.24, 2.45) is 0 Å². The second-order valence-electron chi connectivity index (χ2n) is 3.95. The van der Waals surface area contributed by atoms with Gasteiger partial charge in [-0.3, -0.25) is 4.68 Å². The van der Waals surface area contributed by atoms with Crippen LogP contribution in [0.3, 0.4) is 0 Å². The second-order valence-corrected chi connectivity index (χ2v) is 3.95. The molecular weight excluding hydrogens is 218 g/mol. The fourth-order valence-electron chi connectivity index (χ4n) is 1.41. The number of benzene rings is 1. The van der Waals surface area contributed by atoms with Gasteiger partial charge < -0.3 is 15.7 Å². The molecule has 0 radical (unpaired) electrons. The first-order valence-corrected chi connectivity index (χ1v) is 5.32. The van der Waals surface area contributed by atoms with E-state index in [9.17, 15) is 0 Å². The van der Waals surface area contributed by atoms with Crippen molar-refractivity contribution >= 4 is 0 Å². The van der Waals surface area contributed by atoms with Crippen LogP contribution < -0.4 is 10.6 Å².